The monoisotopic (exact) mass is 293 g/mol. The lowest BCUT2D eigenvalue weighted by molar-refractivity contribution is 0.205. The Labute approximate surface area is 129 Å². The smallest absolute Gasteiger partial charge is 0.0644 e. The molecule has 1 aromatic heterocycles. The van der Waals surface area contributed by atoms with Gasteiger partial charge in [-0.15, -0.1) is 0 Å². The third-order valence-electron chi connectivity index (χ3n) is 4.98. The zero-order chi connectivity index (χ0) is 15.4. The zero-order valence-electron chi connectivity index (χ0n) is 14.1. The van der Waals surface area contributed by atoms with Gasteiger partial charge in [-0.25, -0.2) is 0 Å². The summed E-state index contributed by atoms with van der Waals surface area (Å²) in [5.74, 6) is 1.78. The predicted octanol–water partition coefficient (Wildman–Crippen LogP) is 2.75. The summed E-state index contributed by atoms with van der Waals surface area (Å²) in [6.45, 7) is 9.47. The molecular weight excluding hydrogens is 262 g/mol. The van der Waals surface area contributed by atoms with E-state index < -0.39 is 0 Å². The van der Waals surface area contributed by atoms with Crippen molar-refractivity contribution in [2.24, 2.45) is 11.8 Å². The molecule has 4 nitrogen and oxygen atoms in total. The van der Waals surface area contributed by atoms with Crippen LogP contribution in [-0.2, 0) is 13.1 Å². The summed E-state index contributed by atoms with van der Waals surface area (Å²) in [7, 11) is 2.22. The topological polar surface area (TPSA) is 41.3 Å². The molecule has 0 amide bonds. The summed E-state index contributed by atoms with van der Waals surface area (Å²) in [6, 6.07) is 0. The minimum Gasteiger partial charge on any atom is -0.394 e. The number of aromatic nitrogens is 2. The fraction of sp³-hybridized carbons (Fsp3) is 0.824. The Hall–Kier alpha value is -0.870. The summed E-state index contributed by atoms with van der Waals surface area (Å²) in [5, 5.41) is 13.6. The van der Waals surface area contributed by atoms with Gasteiger partial charge in [0.25, 0.3) is 0 Å². The molecule has 1 aliphatic carbocycles. The van der Waals surface area contributed by atoms with Crippen molar-refractivity contribution in [1.29, 1.82) is 0 Å². The molecule has 1 fully saturated rings. The van der Waals surface area contributed by atoms with Crippen LogP contribution in [0.5, 0.6) is 0 Å². The van der Waals surface area contributed by atoms with Crippen molar-refractivity contribution in [1.82, 2.24) is 14.7 Å². The fourth-order valence-electron chi connectivity index (χ4n) is 3.56. The van der Waals surface area contributed by atoms with E-state index in [4.69, 9.17) is 5.11 Å². The van der Waals surface area contributed by atoms with Crippen LogP contribution in [0.1, 0.15) is 49.6 Å². The molecular formula is C17H31N3O. The quantitative estimate of drug-likeness (QED) is 0.877. The van der Waals surface area contributed by atoms with Gasteiger partial charge in [-0.2, -0.15) is 5.10 Å². The highest BCUT2D eigenvalue weighted by Gasteiger charge is 2.20. The molecule has 0 unspecified atom stereocenters. The number of hydrogen-bond acceptors (Lipinski definition) is 3. The molecule has 0 aromatic carbocycles. The van der Waals surface area contributed by atoms with Crippen molar-refractivity contribution >= 4 is 0 Å². The van der Waals surface area contributed by atoms with E-state index in [1.54, 1.807) is 0 Å². The third kappa shape index (κ3) is 4.30. The van der Waals surface area contributed by atoms with E-state index >= 15 is 0 Å². The number of nitrogens with zero attached hydrogens (tertiary/aromatic N) is 3. The first-order chi connectivity index (χ1) is 10.0. The van der Waals surface area contributed by atoms with Crippen LogP contribution in [0.3, 0.4) is 0 Å². The van der Waals surface area contributed by atoms with E-state index in [-0.39, 0.29) is 6.61 Å². The Morgan fingerprint density at radius 1 is 1.24 bits per heavy atom. The second-order valence-corrected chi connectivity index (χ2v) is 6.92. The summed E-state index contributed by atoms with van der Waals surface area (Å²) in [5.41, 5.74) is 3.63. The van der Waals surface area contributed by atoms with Crippen LogP contribution in [0.2, 0.25) is 0 Å². The van der Waals surface area contributed by atoms with Crippen molar-refractivity contribution in [3.63, 3.8) is 0 Å². The van der Waals surface area contributed by atoms with Crippen LogP contribution < -0.4 is 0 Å². The van der Waals surface area contributed by atoms with Crippen molar-refractivity contribution in [3.05, 3.63) is 17.0 Å². The molecule has 0 atom stereocenters. The fourth-order valence-corrected chi connectivity index (χ4v) is 3.56. The molecule has 120 valence electrons. The maximum absolute atomic E-state index is 9.09. The van der Waals surface area contributed by atoms with Gasteiger partial charge >= 0.3 is 0 Å². The second kappa shape index (κ2) is 7.41. The van der Waals surface area contributed by atoms with Crippen LogP contribution in [0, 0.1) is 25.7 Å². The highest BCUT2D eigenvalue weighted by Crippen LogP contribution is 2.29. The van der Waals surface area contributed by atoms with Gasteiger partial charge in [0.1, 0.15) is 0 Å². The minimum atomic E-state index is 0.150. The maximum Gasteiger partial charge on any atom is 0.0644 e. The molecule has 0 spiro atoms. The van der Waals surface area contributed by atoms with Gasteiger partial charge in [0.15, 0.2) is 0 Å². The normalized spacial score (nSPS) is 23.0. The summed E-state index contributed by atoms with van der Waals surface area (Å²) in [4.78, 5) is 2.45. The molecule has 2 rings (SSSR count). The second-order valence-electron chi connectivity index (χ2n) is 6.92. The van der Waals surface area contributed by atoms with Gasteiger partial charge in [-0.05, 0) is 45.6 Å². The highest BCUT2D eigenvalue weighted by atomic mass is 16.3. The molecule has 1 aliphatic rings. The van der Waals surface area contributed by atoms with E-state index in [0.29, 0.717) is 6.54 Å². The largest absolute Gasteiger partial charge is 0.394 e. The van der Waals surface area contributed by atoms with Gasteiger partial charge in [0, 0.05) is 24.3 Å². The predicted molar refractivity (Wildman–Crippen MR) is 86.2 cm³/mol. The Kier molecular flexibility index (Phi) is 5.82. The summed E-state index contributed by atoms with van der Waals surface area (Å²) in [6.07, 6.45) is 5.55. The minimum absolute atomic E-state index is 0.150. The van der Waals surface area contributed by atoms with Crippen molar-refractivity contribution in [2.75, 3.05) is 20.2 Å². The van der Waals surface area contributed by atoms with Crippen LogP contribution >= 0.6 is 0 Å². The number of aliphatic hydroxyl groups excluding tert-OH is 1. The average Bonchev–Trinajstić information content (AvgIpc) is 2.70. The van der Waals surface area contributed by atoms with Crippen molar-refractivity contribution < 1.29 is 5.11 Å². The van der Waals surface area contributed by atoms with E-state index in [0.717, 1.165) is 24.1 Å². The SMILES string of the molecule is Cc1nn(CCO)c(C)c1CN(C)CC1CCC(C)CC1. The standard InChI is InChI=1S/C17H31N3O/c1-13-5-7-16(8-6-13)11-19(4)12-17-14(2)18-20(9-10-21)15(17)3/h13,16,21H,5-12H2,1-4H3. The van der Waals surface area contributed by atoms with Crippen LogP contribution in [0.25, 0.3) is 0 Å². The molecule has 21 heavy (non-hydrogen) atoms. The van der Waals surface area contributed by atoms with Gasteiger partial charge in [-0.1, -0.05) is 19.8 Å². The Morgan fingerprint density at radius 3 is 2.52 bits per heavy atom. The molecule has 4 heteroatoms. The van der Waals surface area contributed by atoms with E-state index in [2.05, 4.69) is 37.8 Å². The first-order valence-electron chi connectivity index (χ1n) is 8.33. The van der Waals surface area contributed by atoms with Gasteiger partial charge < -0.3 is 10.0 Å². The molecule has 0 saturated heterocycles. The Balaban J connectivity index is 1.91. The molecule has 1 heterocycles. The van der Waals surface area contributed by atoms with Crippen LogP contribution in [0.15, 0.2) is 0 Å². The molecule has 1 aromatic rings. The number of hydrogen-bond donors (Lipinski definition) is 1. The van der Waals surface area contributed by atoms with Gasteiger partial charge in [0.2, 0.25) is 0 Å². The van der Waals surface area contributed by atoms with Crippen molar-refractivity contribution in [2.45, 2.75) is 59.5 Å². The molecule has 1 N–H and O–H groups in total. The lowest BCUT2D eigenvalue weighted by Crippen LogP contribution is -2.28. The number of aryl methyl sites for hydroxylation is 1. The van der Waals surface area contributed by atoms with Gasteiger partial charge in [0.05, 0.1) is 18.8 Å². The number of rotatable bonds is 6. The number of aliphatic hydroxyl groups is 1. The van der Waals surface area contributed by atoms with Crippen LogP contribution in [-0.4, -0.2) is 40.0 Å². The Bertz CT molecular complexity index is 447. The van der Waals surface area contributed by atoms with E-state index in [1.165, 1.54) is 43.5 Å². The molecule has 0 aliphatic heterocycles. The third-order valence-corrected chi connectivity index (χ3v) is 4.98. The zero-order valence-corrected chi connectivity index (χ0v) is 14.1. The van der Waals surface area contributed by atoms with E-state index in [9.17, 15) is 0 Å². The first kappa shape index (κ1) is 16.5. The lowest BCUT2D eigenvalue weighted by Gasteiger charge is -2.29. The molecule has 0 radical (unpaired) electrons. The molecule has 1 saturated carbocycles. The summed E-state index contributed by atoms with van der Waals surface area (Å²) < 4.78 is 1.93. The Morgan fingerprint density at radius 2 is 1.90 bits per heavy atom. The maximum atomic E-state index is 9.09. The van der Waals surface area contributed by atoms with Gasteiger partial charge in [-0.3, -0.25) is 4.68 Å². The van der Waals surface area contributed by atoms with Crippen LogP contribution in [0.4, 0.5) is 0 Å². The molecule has 0 bridgehead atoms. The average molecular weight is 293 g/mol. The summed E-state index contributed by atoms with van der Waals surface area (Å²) >= 11 is 0. The van der Waals surface area contributed by atoms with Crippen molar-refractivity contribution in [3.8, 4) is 0 Å². The lowest BCUT2D eigenvalue weighted by atomic mass is 9.83. The first-order valence-corrected chi connectivity index (χ1v) is 8.33. The van der Waals surface area contributed by atoms with E-state index in [1.807, 2.05) is 4.68 Å². The highest BCUT2D eigenvalue weighted by molar-refractivity contribution is 5.24.